The molecule has 2 saturated heterocycles. The molecular weight excluding hydrogens is 448 g/mol. The molecule has 192 valence electrons. The summed E-state index contributed by atoms with van der Waals surface area (Å²) < 4.78 is 10.3. The number of aryl methyl sites for hydroxylation is 1. The molecule has 0 radical (unpaired) electrons. The van der Waals surface area contributed by atoms with Crippen molar-refractivity contribution in [3.05, 3.63) is 33.8 Å². The van der Waals surface area contributed by atoms with Crippen LogP contribution < -0.4 is 5.76 Å². The van der Waals surface area contributed by atoms with Gasteiger partial charge in [0.05, 0.1) is 18.5 Å². The standard InChI is InChI=1S/C26H38N4O5/c1-4-34-23(31)7-10-28-8-5-21(6-9-28)29-11-13-30(14-12-29)25(32)19(3)16-20-15-18(2)24-22(17-20)35-26(33)27-24/h15,17,19,21H,4-14,16H2,1-3H3,(H,27,33)/t19-/m1/s1. The molecule has 2 aliphatic heterocycles. The average molecular weight is 487 g/mol. The summed E-state index contributed by atoms with van der Waals surface area (Å²) in [5.41, 5.74) is 3.22. The number of amides is 1. The number of esters is 1. The predicted molar refractivity (Wildman–Crippen MR) is 133 cm³/mol. The first-order valence-electron chi connectivity index (χ1n) is 12.9. The van der Waals surface area contributed by atoms with Crippen LogP contribution in [0.5, 0.6) is 0 Å². The molecule has 1 aromatic heterocycles. The molecule has 4 rings (SSSR count). The van der Waals surface area contributed by atoms with E-state index in [1.165, 1.54) is 0 Å². The number of piperazine rings is 1. The number of hydrogen-bond acceptors (Lipinski definition) is 7. The summed E-state index contributed by atoms with van der Waals surface area (Å²) in [5.74, 6) is -0.514. The summed E-state index contributed by atoms with van der Waals surface area (Å²) in [4.78, 5) is 45.8. The number of fused-ring (bicyclic) bond motifs is 1. The number of hydrogen-bond donors (Lipinski definition) is 1. The summed E-state index contributed by atoms with van der Waals surface area (Å²) in [5, 5.41) is 0. The van der Waals surface area contributed by atoms with Crippen molar-refractivity contribution < 1.29 is 18.7 Å². The number of nitrogens with one attached hydrogen (secondary N) is 1. The van der Waals surface area contributed by atoms with Crippen LogP contribution in [0.1, 0.15) is 44.2 Å². The predicted octanol–water partition coefficient (Wildman–Crippen LogP) is 2.17. The van der Waals surface area contributed by atoms with Gasteiger partial charge < -0.3 is 19.0 Å². The Labute approximate surface area is 206 Å². The van der Waals surface area contributed by atoms with E-state index in [1.807, 2.05) is 37.8 Å². The Balaban J connectivity index is 1.22. The van der Waals surface area contributed by atoms with Crippen molar-refractivity contribution in [2.45, 2.75) is 52.5 Å². The number of oxazole rings is 1. The molecule has 9 heteroatoms. The smallest absolute Gasteiger partial charge is 0.417 e. The van der Waals surface area contributed by atoms with Gasteiger partial charge in [-0.1, -0.05) is 13.0 Å². The summed E-state index contributed by atoms with van der Waals surface area (Å²) in [6, 6.07) is 4.43. The van der Waals surface area contributed by atoms with E-state index in [4.69, 9.17) is 9.15 Å². The van der Waals surface area contributed by atoms with Crippen molar-refractivity contribution in [2.24, 2.45) is 5.92 Å². The molecule has 2 aliphatic rings. The lowest BCUT2D eigenvalue weighted by atomic mass is 9.97. The van der Waals surface area contributed by atoms with E-state index in [9.17, 15) is 14.4 Å². The Morgan fingerprint density at radius 1 is 1.14 bits per heavy atom. The summed E-state index contributed by atoms with van der Waals surface area (Å²) in [7, 11) is 0. The largest absolute Gasteiger partial charge is 0.466 e. The van der Waals surface area contributed by atoms with Crippen molar-refractivity contribution in [1.29, 1.82) is 0 Å². The fraction of sp³-hybridized carbons (Fsp3) is 0.654. The average Bonchev–Trinajstić information content (AvgIpc) is 3.23. The van der Waals surface area contributed by atoms with Crippen LogP contribution in [0, 0.1) is 12.8 Å². The Bertz CT molecular complexity index is 1080. The molecule has 0 aliphatic carbocycles. The molecule has 0 unspecified atom stereocenters. The van der Waals surface area contributed by atoms with Crippen LogP contribution >= 0.6 is 0 Å². The molecule has 35 heavy (non-hydrogen) atoms. The zero-order chi connectivity index (χ0) is 24.9. The third-order valence-corrected chi connectivity index (χ3v) is 7.39. The SMILES string of the molecule is CCOC(=O)CCN1CCC(N2CCN(C(=O)[C@H](C)Cc3cc(C)c4[nH]c(=O)oc4c3)CC2)CC1. The lowest BCUT2D eigenvalue weighted by molar-refractivity contribution is -0.143. The minimum absolute atomic E-state index is 0.114. The minimum Gasteiger partial charge on any atom is -0.466 e. The van der Waals surface area contributed by atoms with Gasteiger partial charge in [0.1, 0.15) is 0 Å². The third-order valence-electron chi connectivity index (χ3n) is 7.39. The van der Waals surface area contributed by atoms with Gasteiger partial charge in [0.15, 0.2) is 5.58 Å². The number of carbonyl (C=O) groups excluding carboxylic acids is 2. The van der Waals surface area contributed by atoms with Crippen LogP contribution in [-0.4, -0.2) is 90.0 Å². The number of aromatic nitrogens is 1. The van der Waals surface area contributed by atoms with Crippen LogP contribution in [0.3, 0.4) is 0 Å². The third kappa shape index (κ3) is 6.32. The van der Waals surface area contributed by atoms with Crippen molar-refractivity contribution in [3.63, 3.8) is 0 Å². The van der Waals surface area contributed by atoms with Gasteiger partial charge in [0.25, 0.3) is 0 Å². The maximum Gasteiger partial charge on any atom is 0.417 e. The van der Waals surface area contributed by atoms with Crippen molar-refractivity contribution in [3.8, 4) is 0 Å². The minimum atomic E-state index is -0.454. The van der Waals surface area contributed by atoms with Crippen LogP contribution in [0.15, 0.2) is 21.3 Å². The fourth-order valence-electron chi connectivity index (χ4n) is 5.46. The molecule has 1 aromatic carbocycles. The van der Waals surface area contributed by atoms with Gasteiger partial charge in [0, 0.05) is 44.7 Å². The van der Waals surface area contributed by atoms with Crippen LogP contribution in [0.4, 0.5) is 0 Å². The molecule has 1 N–H and O–H groups in total. The highest BCUT2D eigenvalue weighted by Crippen LogP contribution is 2.22. The van der Waals surface area contributed by atoms with E-state index in [-0.39, 0.29) is 17.8 Å². The van der Waals surface area contributed by atoms with Gasteiger partial charge in [-0.3, -0.25) is 19.5 Å². The second kappa shape index (κ2) is 11.4. The first-order valence-corrected chi connectivity index (χ1v) is 12.9. The Morgan fingerprint density at radius 3 is 2.54 bits per heavy atom. The molecule has 9 nitrogen and oxygen atoms in total. The number of rotatable bonds is 8. The molecule has 0 spiro atoms. The van der Waals surface area contributed by atoms with E-state index >= 15 is 0 Å². The van der Waals surface area contributed by atoms with Gasteiger partial charge in [-0.2, -0.15) is 0 Å². The molecule has 0 bridgehead atoms. The number of H-pyrrole nitrogens is 1. The van der Waals surface area contributed by atoms with Gasteiger partial charge in [-0.05, 0) is 63.4 Å². The molecule has 3 heterocycles. The number of piperidine rings is 1. The molecular formula is C26H38N4O5. The molecule has 1 amide bonds. The van der Waals surface area contributed by atoms with Gasteiger partial charge in [-0.25, -0.2) is 4.79 Å². The normalized spacial score (nSPS) is 19.2. The Morgan fingerprint density at radius 2 is 1.86 bits per heavy atom. The highest BCUT2D eigenvalue weighted by Gasteiger charge is 2.30. The number of carbonyl (C=O) groups is 2. The van der Waals surface area contributed by atoms with Gasteiger partial charge in [0.2, 0.25) is 5.91 Å². The second-order valence-electron chi connectivity index (χ2n) is 9.89. The van der Waals surface area contributed by atoms with E-state index in [1.54, 1.807) is 0 Å². The Kier molecular flexibility index (Phi) is 8.28. The highest BCUT2D eigenvalue weighted by atomic mass is 16.5. The topological polar surface area (TPSA) is 99.1 Å². The highest BCUT2D eigenvalue weighted by molar-refractivity contribution is 5.80. The molecule has 2 fully saturated rings. The zero-order valence-corrected chi connectivity index (χ0v) is 21.2. The molecule has 1 atom stereocenters. The van der Waals surface area contributed by atoms with E-state index in [2.05, 4.69) is 14.8 Å². The van der Waals surface area contributed by atoms with Crippen LogP contribution in [0.2, 0.25) is 0 Å². The number of ether oxygens (including phenoxy) is 1. The first kappa shape index (κ1) is 25.4. The van der Waals surface area contributed by atoms with Crippen LogP contribution in [-0.2, 0) is 20.7 Å². The van der Waals surface area contributed by atoms with Crippen molar-refractivity contribution >= 4 is 23.0 Å². The van der Waals surface area contributed by atoms with Crippen molar-refractivity contribution in [1.82, 2.24) is 19.7 Å². The fourth-order valence-corrected chi connectivity index (χ4v) is 5.46. The number of likely N-dealkylation sites (tertiary alicyclic amines) is 1. The van der Waals surface area contributed by atoms with Crippen LogP contribution in [0.25, 0.3) is 11.1 Å². The van der Waals surface area contributed by atoms with E-state index in [0.29, 0.717) is 31.1 Å². The lowest BCUT2D eigenvalue weighted by Crippen LogP contribution is -2.55. The summed E-state index contributed by atoms with van der Waals surface area (Å²) in [6.07, 6.45) is 3.29. The maximum atomic E-state index is 13.1. The Hall–Kier alpha value is -2.65. The van der Waals surface area contributed by atoms with Gasteiger partial charge >= 0.3 is 11.7 Å². The van der Waals surface area contributed by atoms with E-state index < -0.39 is 5.76 Å². The zero-order valence-electron chi connectivity index (χ0n) is 21.2. The molecule has 0 saturated carbocycles. The van der Waals surface area contributed by atoms with E-state index in [0.717, 1.165) is 75.3 Å². The second-order valence-corrected chi connectivity index (χ2v) is 9.89. The lowest BCUT2D eigenvalue weighted by Gasteiger charge is -2.43. The molecule has 2 aromatic rings. The quantitative estimate of drug-likeness (QED) is 0.571. The summed E-state index contributed by atoms with van der Waals surface area (Å²) in [6.45, 7) is 12.3. The number of aromatic amines is 1. The van der Waals surface area contributed by atoms with Gasteiger partial charge in [-0.15, -0.1) is 0 Å². The summed E-state index contributed by atoms with van der Waals surface area (Å²) >= 11 is 0. The monoisotopic (exact) mass is 486 g/mol. The number of benzene rings is 1. The number of nitrogens with zero attached hydrogens (tertiary/aromatic N) is 3. The maximum absolute atomic E-state index is 13.1. The first-order chi connectivity index (χ1) is 16.8. The van der Waals surface area contributed by atoms with Crippen molar-refractivity contribution in [2.75, 3.05) is 52.4 Å².